The monoisotopic (exact) mass is 274 g/mol. The number of ether oxygens (including phenoxy) is 1. The second-order valence-electron chi connectivity index (χ2n) is 5.50. The van der Waals surface area contributed by atoms with Crippen molar-refractivity contribution in [2.75, 3.05) is 19.8 Å². The lowest BCUT2D eigenvalue weighted by molar-refractivity contribution is -0.141. The number of hydrogen-bond donors (Lipinski definition) is 3. The Morgan fingerprint density at radius 1 is 1.26 bits per heavy atom. The van der Waals surface area contributed by atoms with Gasteiger partial charge in [-0.25, -0.2) is 9.59 Å². The molecule has 0 saturated carbocycles. The molecule has 0 spiro atoms. The Labute approximate surface area is 114 Å². The van der Waals surface area contributed by atoms with Crippen molar-refractivity contribution in [2.24, 2.45) is 5.41 Å². The molecule has 0 radical (unpaired) electrons. The molecule has 3 N–H and O–H groups in total. The van der Waals surface area contributed by atoms with E-state index in [1.807, 2.05) is 6.92 Å². The molecule has 0 aromatic rings. The second-order valence-corrected chi connectivity index (χ2v) is 5.50. The quantitative estimate of drug-likeness (QED) is 0.587. The van der Waals surface area contributed by atoms with Crippen LogP contribution in [0.1, 0.15) is 40.5 Å². The lowest BCUT2D eigenvalue weighted by Gasteiger charge is -2.27. The Morgan fingerprint density at radius 2 is 1.89 bits per heavy atom. The fourth-order valence-corrected chi connectivity index (χ4v) is 1.45. The number of urea groups is 1. The van der Waals surface area contributed by atoms with E-state index in [2.05, 4.69) is 10.6 Å². The lowest BCUT2D eigenvalue weighted by atomic mass is 9.87. The van der Waals surface area contributed by atoms with Crippen LogP contribution in [-0.4, -0.2) is 42.9 Å². The number of carbonyl (C=O) groups is 2. The summed E-state index contributed by atoms with van der Waals surface area (Å²) in [5.74, 6) is -1.03. The van der Waals surface area contributed by atoms with Crippen LogP contribution in [0.2, 0.25) is 0 Å². The zero-order valence-corrected chi connectivity index (χ0v) is 12.3. The van der Waals surface area contributed by atoms with Crippen molar-refractivity contribution in [1.29, 1.82) is 0 Å². The Hall–Kier alpha value is -1.30. The molecule has 0 heterocycles. The fourth-order valence-electron chi connectivity index (χ4n) is 1.45. The van der Waals surface area contributed by atoms with Gasteiger partial charge < -0.3 is 20.5 Å². The number of carboxylic acids is 1. The van der Waals surface area contributed by atoms with E-state index in [0.29, 0.717) is 19.6 Å². The summed E-state index contributed by atoms with van der Waals surface area (Å²) in [6.45, 7) is 9.11. The number of hydrogen-bond acceptors (Lipinski definition) is 3. The van der Waals surface area contributed by atoms with Crippen molar-refractivity contribution in [3.05, 3.63) is 0 Å². The summed E-state index contributed by atoms with van der Waals surface area (Å²) in [4.78, 5) is 22.6. The Balaban J connectivity index is 3.92. The van der Waals surface area contributed by atoms with Gasteiger partial charge in [0.25, 0.3) is 0 Å². The van der Waals surface area contributed by atoms with Gasteiger partial charge in [-0.05, 0) is 18.3 Å². The molecule has 0 aliphatic heterocycles. The minimum Gasteiger partial charge on any atom is -0.480 e. The van der Waals surface area contributed by atoms with Crippen LogP contribution in [0.25, 0.3) is 0 Å². The van der Waals surface area contributed by atoms with Crippen molar-refractivity contribution in [3.63, 3.8) is 0 Å². The first-order chi connectivity index (χ1) is 8.79. The molecule has 0 aromatic heterocycles. The van der Waals surface area contributed by atoms with Crippen molar-refractivity contribution < 1.29 is 19.4 Å². The van der Waals surface area contributed by atoms with Gasteiger partial charge in [-0.3, -0.25) is 0 Å². The zero-order valence-electron chi connectivity index (χ0n) is 12.3. The van der Waals surface area contributed by atoms with Gasteiger partial charge in [0.15, 0.2) is 0 Å². The average molecular weight is 274 g/mol. The SMILES string of the molecule is CCCOCCCNC(=O)NC(C(=O)O)C(C)(C)C. The van der Waals surface area contributed by atoms with Crippen LogP contribution < -0.4 is 10.6 Å². The van der Waals surface area contributed by atoms with Crippen LogP contribution in [0.3, 0.4) is 0 Å². The molecule has 6 nitrogen and oxygen atoms in total. The summed E-state index contributed by atoms with van der Waals surface area (Å²) in [5.41, 5.74) is -0.534. The summed E-state index contributed by atoms with van der Waals surface area (Å²) in [5, 5.41) is 14.2. The summed E-state index contributed by atoms with van der Waals surface area (Å²) < 4.78 is 5.27. The molecule has 0 rings (SSSR count). The predicted octanol–water partition coefficient (Wildman–Crippen LogP) is 1.60. The molecule has 112 valence electrons. The normalized spacial score (nSPS) is 12.8. The molecule has 0 aliphatic carbocycles. The molecule has 19 heavy (non-hydrogen) atoms. The van der Waals surface area contributed by atoms with Gasteiger partial charge in [0.2, 0.25) is 0 Å². The van der Waals surface area contributed by atoms with Gasteiger partial charge in [-0.2, -0.15) is 0 Å². The molecule has 1 atom stereocenters. The molecule has 6 heteroatoms. The van der Waals surface area contributed by atoms with E-state index in [-0.39, 0.29) is 0 Å². The van der Waals surface area contributed by atoms with Gasteiger partial charge in [0, 0.05) is 19.8 Å². The number of carboxylic acid groups (broad SMARTS) is 1. The summed E-state index contributed by atoms with van der Waals surface area (Å²) in [6.07, 6.45) is 1.68. The first-order valence-electron chi connectivity index (χ1n) is 6.64. The minimum atomic E-state index is -1.03. The highest BCUT2D eigenvalue weighted by molar-refractivity contribution is 5.83. The number of rotatable bonds is 8. The molecule has 0 aliphatic rings. The largest absolute Gasteiger partial charge is 0.480 e. The minimum absolute atomic E-state index is 0.460. The average Bonchev–Trinajstić information content (AvgIpc) is 2.28. The highest BCUT2D eigenvalue weighted by Gasteiger charge is 2.32. The van der Waals surface area contributed by atoms with E-state index in [9.17, 15) is 9.59 Å². The van der Waals surface area contributed by atoms with Crippen LogP contribution in [0.4, 0.5) is 4.79 Å². The van der Waals surface area contributed by atoms with Gasteiger partial charge in [0.05, 0.1) is 0 Å². The first kappa shape index (κ1) is 17.7. The maximum Gasteiger partial charge on any atom is 0.326 e. The molecule has 0 bridgehead atoms. The molecule has 1 unspecified atom stereocenters. The number of aliphatic carboxylic acids is 1. The van der Waals surface area contributed by atoms with Crippen LogP contribution in [0.15, 0.2) is 0 Å². The molecule has 0 aromatic carbocycles. The highest BCUT2D eigenvalue weighted by Crippen LogP contribution is 2.19. The lowest BCUT2D eigenvalue weighted by Crippen LogP contribution is -2.52. The summed E-state index contributed by atoms with van der Waals surface area (Å²) >= 11 is 0. The first-order valence-corrected chi connectivity index (χ1v) is 6.64. The van der Waals surface area contributed by atoms with E-state index in [1.165, 1.54) is 0 Å². The number of amides is 2. The third-order valence-electron chi connectivity index (χ3n) is 2.49. The van der Waals surface area contributed by atoms with Crippen molar-refractivity contribution in [1.82, 2.24) is 10.6 Å². The Morgan fingerprint density at radius 3 is 2.37 bits per heavy atom. The van der Waals surface area contributed by atoms with Crippen LogP contribution >= 0.6 is 0 Å². The van der Waals surface area contributed by atoms with Crippen LogP contribution in [-0.2, 0) is 9.53 Å². The smallest absolute Gasteiger partial charge is 0.326 e. The Bertz CT molecular complexity index is 287. The van der Waals surface area contributed by atoms with Gasteiger partial charge >= 0.3 is 12.0 Å². The summed E-state index contributed by atoms with van der Waals surface area (Å²) in [6, 6.07) is -1.37. The molecule has 0 fully saturated rings. The fraction of sp³-hybridized carbons (Fsp3) is 0.846. The van der Waals surface area contributed by atoms with E-state index >= 15 is 0 Å². The van der Waals surface area contributed by atoms with E-state index in [4.69, 9.17) is 9.84 Å². The van der Waals surface area contributed by atoms with Gasteiger partial charge in [0.1, 0.15) is 6.04 Å². The van der Waals surface area contributed by atoms with E-state index < -0.39 is 23.5 Å². The van der Waals surface area contributed by atoms with E-state index in [1.54, 1.807) is 20.8 Å². The van der Waals surface area contributed by atoms with Crippen molar-refractivity contribution in [2.45, 2.75) is 46.6 Å². The topological polar surface area (TPSA) is 87.7 Å². The zero-order chi connectivity index (χ0) is 14.9. The molecule has 0 saturated heterocycles. The third-order valence-corrected chi connectivity index (χ3v) is 2.49. The van der Waals surface area contributed by atoms with Crippen LogP contribution in [0, 0.1) is 5.41 Å². The van der Waals surface area contributed by atoms with E-state index in [0.717, 1.165) is 13.0 Å². The third kappa shape index (κ3) is 8.42. The molecular weight excluding hydrogens is 248 g/mol. The molecule has 2 amide bonds. The van der Waals surface area contributed by atoms with Crippen LogP contribution in [0.5, 0.6) is 0 Å². The van der Waals surface area contributed by atoms with Gasteiger partial charge in [-0.1, -0.05) is 27.7 Å². The maximum atomic E-state index is 11.6. The van der Waals surface area contributed by atoms with Crippen molar-refractivity contribution >= 4 is 12.0 Å². The highest BCUT2D eigenvalue weighted by atomic mass is 16.5. The molecular formula is C13H26N2O4. The summed E-state index contributed by atoms with van der Waals surface area (Å²) in [7, 11) is 0. The Kier molecular flexibility index (Phi) is 8.14. The number of nitrogens with one attached hydrogen (secondary N) is 2. The maximum absolute atomic E-state index is 11.6. The second kappa shape index (κ2) is 8.74. The van der Waals surface area contributed by atoms with Crippen molar-refractivity contribution in [3.8, 4) is 0 Å². The standard InChI is InChI=1S/C13H26N2O4/c1-5-8-19-9-6-7-14-12(18)15-10(11(16)17)13(2,3)4/h10H,5-9H2,1-4H3,(H,16,17)(H2,14,15,18). The van der Waals surface area contributed by atoms with Gasteiger partial charge in [-0.15, -0.1) is 0 Å². The number of carbonyl (C=O) groups excluding carboxylic acids is 1. The predicted molar refractivity (Wildman–Crippen MR) is 73.1 cm³/mol.